The van der Waals surface area contributed by atoms with Gasteiger partial charge < -0.3 is 20.3 Å². The molecule has 2 aliphatic rings. The smallest absolute Gasteiger partial charge is 0.317 e. The number of rotatable bonds is 4. The van der Waals surface area contributed by atoms with Crippen LogP contribution in [0.25, 0.3) is 0 Å². The third kappa shape index (κ3) is 2.36. The molecule has 0 aromatic heterocycles. The molecule has 2 aliphatic heterocycles. The van der Waals surface area contributed by atoms with E-state index in [-0.39, 0.29) is 6.03 Å². The second kappa shape index (κ2) is 4.61. The highest BCUT2D eigenvalue weighted by Gasteiger charge is 2.20. The van der Waals surface area contributed by atoms with E-state index in [0.29, 0.717) is 19.3 Å². The van der Waals surface area contributed by atoms with Crippen LogP contribution in [0, 0.1) is 0 Å². The predicted octanol–water partition coefficient (Wildman–Crippen LogP) is -0.610. The van der Waals surface area contributed by atoms with E-state index in [0.717, 1.165) is 32.6 Å². The number of hydrogen-bond donors (Lipinski definition) is 2. The molecular weight excluding hydrogens is 182 g/mol. The molecule has 0 saturated carbocycles. The van der Waals surface area contributed by atoms with Crippen molar-refractivity contribution in [2.24, 2.45) is 0 Å². The first-order chi connectivity index (χ1) is 6.86. The molecular formula is C9H17N3O2. The van der Waals surface area contributed by atoms with Crippen molar-refractivity contribution in [3.8, 4) is 0 Å². The topological polar surface area (TPSA) is 53.6 Å². The van der Waals surface area contributed by atoms with Crippen molar-refractivity contribution in [1.29, 1.82) is 0 Å². The molecule has 2 saturated heterocycles. The fourth-order valence-electron chi connectivity index (χ4n) is 1.82. The van der Waals surface area contributed by atoms with E-state index in [1.165, 1.54) is 0 Å². The Balaban J connectivity index is 1.60. The minimum absolute atomic E-state index is 0.0400. The number of nitrogens with zero attached hydrogens (tertiary/aromatic N) is 1. The van der Waals surface area contributed by atoms with Gasteiger partial charge in [0.25, 0.3) is 0 Å². The summed E-state index contributed by atoms with van der Waals surface area (Å²) in [4.78, 5) is 12.9. The average Bonchev–Trinajstić information content (AvgIpc) is 2.78. The lowest BCUT2D eigenvalue weighted by atomic mass is 10.3. The van der Waals surface area contributed by atoms with Crippen LogP contribution in [0.4, 0.5) is 4.79 Å². The predicted molar refractivity (Wildman–Crippen MR) is 52.2 cm³/mol. The maximum absolute atomic E-state index is 11.1. The van der Waals surface area contributed by atoms with Crippen LogP contribution in [0.2, 0.25) is 0 Å². The number of urea groups is 1. The highest BCUT2D eigenvalue weighted by Crippen LogP contribution is 2.03. The van der Waals surface area contributed by atoms with Gasteiger partial charge in [0.15, 0.2) is 0 Å². The van der Waals surface area contributed by atoms with Gasteiger partial charge >= 0.3 is 6.03 Å². The maximum Gasteiger partial charge on any atom is 0.317 e. The average molecular weight is 199 g/mol. The van der Waals surface area contributed by atoms with Gasteiger partial charge in [-0.25, -0.2) is 4.79 Å². The lowest BCUT2D eigenvalue weighted by Gasteiger charge is -2.16. The van der Waals surface area contributed by atoms with Crippen LogP contribution in [0.3, 0.4) is 0 Å². The van der Waals surface area contributed by atoms with E-state index in [2.05, 4.69) is 10.6 Å². The van der Waals surface area contributed by atoms with E-state index in [9.17, 15) is 4.79 Å². The summed E-state index contributed by atoms with van der Waals surface area (Å²) in [6, 6.07) is 0.0400. The molecule has 1 atom stereocenters. The first-order valence-corrected chi connectivity index (χ1v) is 5.21. The van der Waals surface area contributed by atoms with Crippen molar-refractivity contribution in [1.82, 2.24) is 15.5 Å². The molecule has 1 unspecified atom stereocenters. The number of nitrogens with one attached hydrogen (secondary N) is 2. The lowest BCUT2D eigenvalue weighted by molar-refractivity contribution is 0.0573. The zero-order valence-electron chi connectivity index (χ0n) is 8.29. The van der Waals surface area contributed by atoms with Crippen molar-refractivity contribution >= 4 is 6.03 Å². The quantitative estimate of drug-likeness (QED) is 0.635. The lowest BCUT2D eigenvalue weighted by Crippen LogP contribution is -2.32. The van der Waals surface area contributed by atoms with E-state index in [4.69, 9.17) is 4.74 Å². The molecule has 5 nitrogen and oxygen atoms in total. The fourth-order valence-corrected chi connectivity index (χ4v) is 1.82. The van der Waals surface area contributed by atoms with Gasteiger partial charge in [-0.3, -0.25) is 0 Å². The van der Waals surface area contributed by atoms with Gasteiger partial charge in [0.1, 0.15) is 0 Å². The van der Waals surface area contributed by atoms with E-state index in [1.807, 2.05) is 0 Å². The molecule has 0 aromatic carbocycles. The third-order valence-corrected chi connectivity index (χ3v) is 2.68. The van der Waals surface area contributed by atoms with Crippen molar-refractivity contribution in [2.45, 2.75) is 12.5 Å². The minimum atomic E-state index is 0.0400. The van der Waals surface area contributed by atoms with Crippen molar-refractivity contribution in [3.05, 3.63) is 0 Å². The summed E-state index contributed by atoms with van der Waals surface area (Å²) in [7, 11) is 0. The van der Waals surface area contributed by atoms with Gasteiger partial charge in [0.05, 0.1) is 12.7 Å². The Morgan fingerprint density at radius 1 is 1.50 bits per heavy atom. The normalized spacial score (nSPS) is 27.0. The Kier molecular flexibility index (Phi) is 3.21. The van der Waals surface area contributed by atoms with Gasteiger partial charge in [-0.15, -0.1) is 0 Å². The van der Waals surface area contributed by atoms with Crippen LogP contribution in [-0.2, 0) is 4.74 Å². The number of ether oxygens (including phenoxy) is 1. The van der Waals surface area contributed by atoms with Crippen LogP contribution in [0.1, 0.15) is 6.42 Å². The molecule has 2 heterocycles. The molecule has 0 radical (unpaired) electrons. The summed E-state index contributed by atoms with van der Waals surface area (Å²) >= 11 is 0. The van der Waals surface area contributed by atoms with Crippen molar-refractivity contribution < 1.29 is 9.53 Å². The molecule has 80 valence electrons. The Morgan fingerprint density at radius 3 is 3.07 bits per heavy atom. The molecule has 5 heteroatoms. The highest BCUT2D eigenvalue weighted by molar-refractivity contribution is 5.76. The Bertz CT molecular complexity index is 204. The monoisotopic (exact) mass is 199 g/mol. The van der Waals surface area contributed by atoms with Crippen molar-refractivity contribution in [3.63, 3.8) is 0 Å². The summed E-state index contributed by atoms with van der Waals surface area (Å²) < 4.78 is 5.63. The Labute approximate surface area is 83.8 Å². The zero-order valence-corrected chi connectivity index (χ0v) is 8.29. The summed E-state index contributed by atoms with van der Waals surface area (Å²) in [6.07, 6.45) is 1.44. The van der Waals surface area contributed by atoms with Gasteiger partial charge in [-0.2, -0.15) is 0 Å². The van der Waals surface area contributed by atoms with Crippen LogP contribution in [0.15, 0.2) is 0 Å². The first-order valence-electron chi connectivity index (χ1n) is 5.21. The molecule has 14 heavy (non-hydrogen) atoms. The zero-order chi connectivity index (χ0) is 9.80. The van der Waals surface area contributed by atoms with Crippen LogP contribution in [-0.4, -0.2) is 56.4 Å². The van der Waals surface area contributed by atoms with Crippen LogP contribution < -0.4 is 10.6 Å². The standard InChI is InChI=1S/C9H17N3O2/c13-9-11-3-4-12(9)5-6-14-8-1-2-10-7-8/h8,10H,1-7H2,(H,11,13). The molecule has 0 aliphatic carbocycles. The Hall–Kier alpha value is -0.810. The first kappa shape index (κ1) is 9.73. The fraction of sp³-hybridized carbons (Fsp3) is 0.889. The molecule has 2 rings (SSSR count). The number of hydrogen-bond acceptors (Lipinski definition) is 3. The number of carbonyl (C=O) groups is 1. The summed E-state index contributed by atoms with van der Waals surface area (Å²) in [5.41, 5.74) is 0. The SMILES string of the molecule is O=C1NCCN1CCOC1CCNC1. The summed E-state index contributed by atoms with van der Waals surface area (Å²) in [5, 5.41) is 6.01. The number of amides is 2. The molecule has 2 amide bonds. The summed E-state index contributed by atoms with van der Waals surface area (Å²) in [6.45, 7) is 4.94. The Morgan fingerprint density at radius 2 is 2.43 bits per heavy atom. The van der Waals surface area contributed by atoms with E-state index in [1.54, 1.807) is 4.90 Å². The molecule has 2 N–H and O–H groups in total. The second-order valence-electron chi connectivity index (χ2n) is 3.70. The highest BCUT2D eigenvalue weighted by atomic mass is 16.5. The van der Waals surface area contributed by atoms with E-state index < -0.39 is 0 Å². The van der Waals surface area contributed by atoms with Gasteiger partial charge in [-0.1, -0.05) is 0 Å². The molecule has 0 aromatic rings. The minimum Gasteiger partial charge on any atom is -0.375 e. The van der Waals surface area contributed by atoms with E-state index >= 15 is 0 Å². The largest absolute Gasteiger partial charge is 0.375 e. The van der Waals surface area contributed by atoms with Gasteiger partial charge in [0.2, 0.25) is 0 Å². The molecule has 2 fully saturated rings. The van der Waals surface area contributed by atoms with Gasteiger partial charge in [-0.05, 0) is 13.0 Å². The van der Waals surface area contributed by atoms with Crippen molar-refractivity contribution in [2.75, 3.05) is 39.3 Å². The van der Waals surface area contributed by atoms with Crippen LogP contribution >= 0.6 is 0 Å². The van der Waals surface area contributed by atoms with Gasteiger partial charge in [0, 0.05) is 26.2 Å². The molecule has 0 spiro atoms. The molecule has 0 bridgehead atoms. The maximum atomic E-state index is 11.1. The second-order valence-corrected chi connectivity index (χ2v) is 3.70. The van der Waals surface area contributed by atoms with Crippen LogP contribution in [0.5, 0.6) is 0 Å². The third-order valence-electron chi connectivity index (χ3n) is 2.68. The summed E-state index contributed by atoms with van der Waals surface area (Å²) in [5.74, 6) is 0. The number of carbonyl (C=O) groups excluding carboxylic acids is 1.